The van der Waals surface area contributed by atoms with E-state index >= 15 is 0 Å². The van der Waals surface area contributed by atoms with E-state index in [0.29, 0.717) is 24.1 Å². The number of hydrogen-bond acceptors (Lipinski definition) is 7. The molecule has 58 heavy (non-hydrogen) atoms. The summed E-state index contributed by atoms with van der Waals surface area (Å²) in [6.07, 6.45) is 46.9. The van der Waals surface area contributed by atoms with Crippen molar-refractivity contribution in [3.8, 4) is 0 Å². The van der Waals surface area contributed by atoms with Crippen LogP contribution in [0, 0.1) is 0 Å². The number of hydrogen-bond donors (Lipinski definition) is 0. The molecule has 0 aromatic rings. The molecule has 0 aliphatic carbocycles. The van der Waals surface area contributed by atoms with Crippen LogP contribution in [0.3, 0.4) is 0 Å². The van der Waals surface area contributed by atoms with Crippen LogP contribution in [0.1, 0.15) is 251 Å². The van der Waals surface area contributed by atoms with Crippen LogP contribution in [0.5, 0.6) is 0 Å². The van der Waals surface area contributed by atoms with Crippen molar-refractivity contribution in [1.29, 1.82) is 0 Å². The van der Waals surface area contributed by atoms with Gasteiger partial charge >= 0.3 is 5.97 Å². The number of nitrogens with zero attached hydrogens (tertiary/aromatic N) is 1. The summed E-state index contributed by atoms with van der Waals surface area (Å²) in [6, 6.07) is 0. The van der Waals surface area contributed by atoms with Gasteiger partial charge in [0.15, 0.2) is 0 Å². The molecule has 0 N–H and O–H groups in total. The summed E-state index contributed by atoms with van der Waals surface area (Å²) in [5, 5.41) is 0. The first-order valence-electron chi connectivity index (χ1n) is 25.3. The number of likely N-dealkylation sites (N-methyl/N-ethyl adjacent to an activating group) is 1. The predicted molar refractivity (Wildman–Crippen MR) is 245 cm³/mol. The fraction of sp³-hybridized carbons (Fsp3) is 0.980. The second kappa shape index (κ2) is 43.2. The van der Waals surface area contributed by atoms with Crippen LogP contribution in [-0.4, -0.2) is 70.7 Å². The Morgan fingerprint density at radius 1 is 0.466 bits per heavy atom. The summed E-state index contributed by atoms with van der Waals surface area (Å²) >= 11 is 0. The zero-order valence-electron chi connectivity index (χ0n) is 39.5. The number of rotatable bonds is 48. The van der Waals surface area contributed by atoms with Gasteiger partial charge in [-0.2, -0.15) is 0 Å². The van der Waals surface area contributed by atoms with Gasteiger partial charge in [-0.15, -0.1) is 0 Å². The molecule has 0 aromatic heterocycles. The highest BCUT2D eigenvalue weighted by molar-refractivity contribution is 7.45. The summed E-state index contributed by atoms with van der Waals surface area (Å²) in [6.45, 7) is 5.49. The maximum absolute atomic E-state index is 12.7. The summed E-state index contributed by atoms with van der Waals surface area (Å²) in [5.41, 5.74) is 0. The zero-order valence-corrected chi connectivity index (χ0v) is 40.4. The van der Waals surface area contributed by atoms with E-state index in [4.69, 9.17) is 18.5 Å². The number of ether oxygens (including phenoxy) is 2. The third kappa shape index (κ3) is 46.6. The summed E-state index contributed by atoms with van der Waals surface area (Å²) in [4.78, 5) is 25.1. The second-order valence-corrected chi connectivity index (χ2v) is 20.0. The molecule has 0 radical (unpaired) electrons. The Morgan fingerprint density at radius 2 is 0.793 bits per heavy atom. The van der Waals surface area contributed by atoms with Crippen LogP contribution in [-0.2, 0) is 27.9 Å². The van der Waals surface area contributed by atoms with E-state index in [1.807, 2.05) is 21.1 Å². The van der Waals surface area contributed by atoms with E-state index in [1.165, 1.54) is 199 Å². The van der Waals surface area contributed by atoms with E-state index < -0.39 is 13.9 Å². The Labute approximate surface area is 361 Å². The van der Waals surface area contributed by atoms with Crippen LogP contribution in [0.25, 0.3) is 0 Å². The summed E-state index contributed by atoms with van der Waals surface area (Å²) < 4.78 is 34.7. The first-order chi connectivity index (χ1) is 28.1. The van der Waals surface area contributed by atoms with Gasteiger partial charge in [0.2, 0.25) is 0 Å². The molecule has 0 saturated heterocycles. The SMILES string of the molecule is CCCCCCCCCCCCCCCCCCCCCC(=O)O[C@H](COCCCCCCCCCCCCCCCCCCC)COP(=O)([O-])OCC[N+](C)(C)C. The smallest absolute Gasteiger partial charge is 0.306 e. The number of carbonyl (C=O) groups is 1. The average molecular weight is 846 g/mol. The number of phosphoric acid groups is 1. The molecule has 1 unspecified atom stereocenters. The molecule has 0 heterocycles. The number of carbonyl (C=O) groups excluding carboxylic acids is 1. The van der Waals surface area contributed by atoms with Gasteiger partial charge in [-0.05, 0) is 12.8 Å². The fourth-order valence-electron chi connectivity index (χ4n) is 7.49. The quantitative estimate of drug-likeness (QED) is 0.0260. The Morgan fingerprint density at radius 3 is 1.14 bits per heavy atom. The normalized spacial score (nSPS) is 13.6. The lowest BCUT2D eigenvalue weighted by Gasteiger charge is -2.28. The Balaban J connectivity index is 4.10. The first kappa shape index (κ1) is 57.5. The van der Waals surface area contributed by atoms with Gasteiger partial charge in [-0.3, -0.25) is 9.36 Å². The lowest BCUT2D eigenvalue weighted by Crippen LogP contribution is -2.37. The van der Waals surface area contributed by atoms with E-state index in [0.717, 1.165) is 32.1 Å². The predicted octanol–water partition coefficient (Wildman–Crippen LogP) is 14.6. The fourth-order valence-corrected chi connectivity index (χ4v) is 8.22. The number of unbranched alkanes of at least 4 members (excludes halogenated alkanes) is 34. The highest BCUT2D eigenvalue weighted by atomic mass is 31.2. The van der Waals surface area contributed by atoms with E-state index in [2.05, 4.69) is 13.8 Å². The third-order valence-corrected chi connectivity index (χ3v) is 12.4. The van der Waals surface area contributed by atoms with E-state index in [-0.39, 0.29) is 25.8 Å². The molecule has 0 aliphatic heterocycles. The van der Waals surface area contributed by atoms with E-state index in [9.17, 15) is 14.3 Å². The molecule has 0 aromatic carbocycles. The van der Waals surface area contributed by atoms with Crippen molar-refractivity contribution in [1.82, 2.24) is 0 Å². The van der Waals surface area contributed by atoms with Crippen molar-refractivity contribution in [2.24, 2.45) is 0 Å². The monoisotopic (exact) mass is 846 g/mol. The topological polar surface area (TPSA) is 94.1 Å². The summed E-state index contributed by atoms with van der Waals surface area (Å²) in [7, 11) is 1.38. The van der Waals surface area contributed by atoms with Crippen molar-refractivity contribution >= 4 is 13.8 Å². The van der Waals surface area contributed by atoms with Gasteiger partial charge in [-0.1, -0.05) is 232 Å². The molecule has 348 valence electrons. The van der Waals surface area contributed by atoms with Crippen LogP contribution >= 0.6 is 7.82 Å². The van der Waals surface area contributed by atoms with Gasteiger partial charge in [0.05, 0.1) is 34.4 Å². The number of phosphoric ester groups is 1. The molecular weight excluding hydrogens is 746 g/mol. The first-order valence-corrected chi connectivity index (χ1v) is 26.7. The maximum Gasteiger partial charge on any atom is 0.306 e. The molecule has 0 fully saturated rings. The lowest BCUT2D eigenvalue weighted by atomic mass is 10.0. The molecule has 8 nitrogen and oxygen atoms in total. The standard InChI is InChI=1S/C49H100NO7P/c1-6-8-10-12-14-16-18-20-22-24-25-26-28-30-32-34-36-38-40-42-49(51)57-48(47-56-58(52,53)55-45-43-50(3,4)5)46-54-44-41-39-37-35-33-31-29-27-23-21-19-17-15-13-11-9-7-2/h48H,6-47H2,1-5H3/t48-/m1/s1. The van der Waals surface area contributed by atoms with Gasteiger partial charge in [0.1, 0.15) is 19.3 Å². The van der Waals surface area contributed by atoms with Gasteiger partial charge in [0, 0.05) is 13.0 Å². The molecule has 0 aliphatic rings. The van der Waals surface area contributed by atoms with Crippen LogP contribution in [0.15, 0.2) is 0 Å². The zero-order chi connectivity index (χ0) is 42.7. The van der Waals surface area contributed by atoms with Gasteiger partial charge < -0.3 is 27.9 Å². The van der Waals surface area contributed by atoms with Crippen molar-refractivity contribution in [3.63, 3.8) is 0 Å². The minimum absolute atomic E-state index is 0.0317. The minimum atomic E-state index is -4.52. The average Bonchev–Trinajstić information content (AvgIpc) is 3.18. The summed E-state index contributed by atoms with van der Waals surface area (Å²) in [5.74, 6) is -0.325. The maximum atomic E-state index is 12.7. The van der Waals surface area contributed by atoms with E-state index in [1.54, 1.807) is 0 Å². The second-order valence-electron chi connectivity index (χ2n) is 18.5. The van der Waals surface area contributed by atoms with Crippen LogP contribution in [0.4, 0.5) is 0 Å². The minimum Gasteiger partial charge on any atom is -0.756 e. The molecule has 2 atom stereocenters. The molecule has 9 heteroatoms. The number of quaternary nitrogens is 1. The Kier molecular flexibility index (Phi) is 42.8. The molecule has 0 spiro atoms. The van der Waals surface area contributed by atoms with Crippen molar-refractivity contribution < 1.29 is 37.3 Å². The third-order valence-electron chi connectivity index (χ3n) is 11.4. The Hall–Kier alpha value is -0.500. The number of esters is 1. The molecule has 0 amide bonds. The lowest BCUT2D eigenvalue weighted by molar-refractivity contribution is -0.870. The van der Waals surface area contributed by atoms with Gasteiger partial charge in [-0.25, -0.2) is 0 Å². The Bertz CT molecular complexity index is 899. The molecule has 0 saturated carbocycles. The molecule has 0 bridgehead atoms. The highest BCUT2D eigenvalue weighted by Crippen LogP contribution is 2.38. The van der Waals surface area contributed by atoms with Crippen molar-refractivity contribution in [2.45, 2.75) is 258 Å². The van der Waals surface area contributed by atoms with Crippen LogP contribution in [0.2, 0.25) is 0 Å². The van der Waals surface area contributed by atoms with Gasteiger partial charge in [0.25, 0.3) is 7.82 Å². The highest BCUT2D eigenvalue weighted by Gasteiger charge is 2.20. The van der Waals surface area contributed by atoms with Crippen molar-refractivity contribution in [2.75, 3.05) is 54.1 Å². The van der Waals surface area contributed by atoms with Crippen molar-refractivity contribution in [3.05, 3.63) is 0 Å². The molecule has 0 rings (SSSR count). The molecular formula is C49H100NO7P. The largest absolute Gasteiger partial charge is 0.756 e. The van der Waals surface area contributed by atoms with Crippen LogP contribution < -0.4 is 4.89 Å².